The van der Waals surface area contributed by atoms with Gasteiger partial charge in [-0.1, -0.05) is 22.0 Å². The molecule has 1 aromatic rings. The molecule has 4 heteroatoms. The van der Waals surface area contributed by atoms with Gasteiger partial charge < -0.3 is 0 Å². The first-order valence-electron chi connectivity index (χ1n) is 5.45. The van der Waals surface area contributed by atoms with Crippen molar-refractivity contribution < 1.29 is 8.78 Å². The maximum atomic E-state index is 13.4. The third-order valence-electron chi connectivity index (χ3n) is 2.86. The minimum atomic E-state index is -0.515. The fraction of sp³-hybridized carbons (Fsp3) is 0.500. The molecular weight excluding hydrogens is 276 g/mol. The van der Waals surface area contributed by atoms with Crippen molar-refractivity contribution in [2.75, 3.05) is 13.1 Å². The van der Waals surface area contributed by atoms with Crippen LogP contribution in [0.1, 0.15) is 18.4 Å². The molecule has 1 heterocycles. The Labute approximate surface area is 103 Å². The van der Waals surface area contributed by atoms with Crippen molar-refractivity contribution in [3.63, 3.8) is 0 Å². The molecule has 88 valence electrons. The molecule has 16 heavy (non-hydrogen) atoms. The molecular formula is C12H14BrF2N. The molecule has 1 aromatic carbocycles. The zero-order chi connectivity index (χ0) is 11.5. The summed E-state index contributed by atoms with van der Waals surface area (Å²) in [5.41, 5.74) is 0.572. The standard InChI is InChI=1S/C12H14BrF2N/c13-10-2-1-5-16(8-10)7-9-3-4-11(14)6-12(9)15/h3-4,6,10H,1-2,5,7-8H2. The second-order valence-electron chi connectivity index (χ2n) is 4.21. The van der Waals surface area contributed by atoms with Gasteiger partial charge in [0.15, 0.2) is 0 Å². The SMILES string of the molecule is Fc1ccc(CN2CCCC(Br)C2)c(F)c1. The highest BCUT2D eigenvalue weighted by Crippen LogP contribution is 2.20. The van der Waals surface area contributed by atoms with E-state index in [2.05, 4.69) is 20.8 Å². The first-order valence-corrected chi connectivity index (χ1v) is 6.37. The summed E-state index contributed by atoms with van der Waals surface area (Å²) in [5, 5.41) is 0. The van der Waals surface area contributed by atoms with Crippen molar-refractivity contribution in [2.45, 2.75) is 24.2 Å². The molecule has 0 spiro atoms. The van der Waals surface area contributed by atoms with E-state index < -0.39 is 11.6 Å². The van der Waals surface area contributed by atoms with Gasteiger partial charge in [0.25, 0.3) is 0 Å². The molecule has 1 unspecified atom stereocenters. The Bertz CT molecular complexity index is 370. The maximum Gasteiger partial charge on any atom is 0.130 e. The van der Waals surface area contributed by atoms with Gasteiger partial charge in [0, 0.05) is 29.5 Å². The molecule has 1 atom stereocenters. The molecule has 1 fully saturated rings. The zero-order valence-electron chi connectivity index (χ0n) is 8.93. The fourth-order valence-corrected chi connectivity index (χ4v) is 2.77. The Kier molecular flexibility index (Phi) is 3.92. The number of halogens is 3. The van der Waals surface area contributed by atoms with Gasteiger partial charge in [-0.25, -0.2) is 8.78 Å². The summed E-state index contributed by atoms with van der Waals surface area (Å²) in [7, 11) is 0. The van der Waals surface area contributed by atoms with Crippen LogP contribution in [0.3, 0.4) is 0 Å². The molecule has 0 aromatic heterocycles. The summed E-state index contributed by atoms with van der Waals surface area (Å²) in [4.78, 5) is 2.68. The first-order chi connectivity index (χ1) is 7.65. The molecule has 0 N–H and O–H groups in total. The molecule has 0 bridgehead atoms. The number of piperidine rings is 1. The summed E-state index contributed by atoms with van der Waals surface area (Å²) in [5.74, 6) is -0.963. The Hall–Kier alpha value is -0.480. The normalized spacial score (nSPS) is 22.3. The van der Waals surface area contributed by atoms with Crippen LogP contribution in [0.25, 0.3) is 0 Å². The van der Waals surface area contributed by atoms with Crippen molar-refractivity contribution in [1.29, 1.82) is 0 Å². The molecule has 1 aliphatic rings. The van der Waals surface area contributed by atoms with Crippen LogP contribution in [0.2, 0.25) is 0 Å². The molecule has 1 saturated heterocycles. The molecule has 0 aliphatic carbocycles. The summed E-state index contributed by atoms with van der Waals surface area (Å²) < 4.78 is 26.2. The van der Waals surface area contributed by atoms with E-state index in [0.717, 1.165) is 25.6 Å². The Morgan fingerprint density at radius 2 is 2.19 bits per heavy atom. The Morgan fingerprint density at radius 1 is 1.38 bits per heavy atom. The number of benzene rings is 1. The average molecular weight is 290 g/mol. The topological polar surface area (TPSA) is 3.24 Å². The van der Waals surface area contributed by atoms with Crippen molar-refractivity contribution >= 4 is 15.9 Å². The van der Waals surface area contributed by atoms with Crippen LogP contribution in [0.4, 0.5) is 8.78 Å². The summed E-state index contributed by atoms with van der Waals surface area (Å²) in [6.45, 7) is 2.48. The molecule has 0 radical (unpaired) electrons. The number of hydrogen-bond donors (Lipinski definition) is 0. The lowest BCUT2D eigenvalue weighted by Gasteiger charge is -2.29. The third kappa shape index (κ3) is 3.01. The monoisotopic (exact) mass is 289 g/mol. The number of likely N-dealkylation sites (tertiary alicyclic amines) is 1. The third-order valence-corrected chi connectivity index (χ3v) is 3.60. The first kappa shape index (κ1) is 12.0. The largest absolute Gasteiger partial charge is 0.298 e. The maximum absolute atomic E-state index is 13.4. The minimum Gasteiger partial charge on any atom is -0.298 e. The van der Waals surface area contributed by atoms with Crippen molar-refractivity contribution in [3.05, 3.63) is 35.4 Å². The zero-order valence-corrected chi connectivity index (χ0v) is 10.5. The van der Waals surface area contributed by atoms with Crippen LogP contribution in [0.15, 0.2) is 18.2 Å². The van der Waals surface area contributed by atoms with E-state index in [-0.39, 0.29) is 0 Å². The van der Waals surface area contributed by atoms with Crippen LogP contribution in [0, 0.1) is 11.6 Å². The number of nitrogens with zero attached hydrogens (tertiary/aromatic N) is 1. The van der Waals surface area contributed by atoms with Crippen LogP contribution in [0.5, 0.6) is 0 Å². The van der Waals surface area contributed by atoms with Gasteiger partial charge >= 0.3 is 0 Å². The predicted molar refractivity (Wildman–Crippen MR) is 63.6 cm³/mol. The van der Waals surface area contributed by atoms with Crippen LogP contribution >= 0.6 is 15.9 Å². The highest BCUT2D eigenvalue weighted by Gasteiger charge is 2.18. The Balaban J connectivity index is 2.02. The van der Waals surface area contributed by atoms with E-state index in [1.165, 1.54) is 18.6 Å². The summed E-state index contributed by atoms with van der Waals surface area (Å²) in [6.07, 6.45) is 2.29. The van der Waals surface area contributed by atoms with Crippen molar-refractivity contribution in [3.8, 4) is 0 Å². The number of alkyl halides is 1. The molecule has 0 saturated carbocycles. The number of hydrogen-bond acceptors (Lipinski definition) is 1. The van der Waals surface area contributed by atoms with E-state index in [1.54, 1.807) is 0 Å². The van der Waals surface area contributed by atoms with Crippen LogP contribution in [-0.4, -0.2) is 22.8 Å². The molecule has 0 amide bonds. The van der Waals surface area contributed by atoms with Crippen molar-refractivity contribution in [1.82, 2.24) is 4.90 Å². The van der Waals surface area contributed by atoms with Gasteiger partial charge in [0.1, 0.15) is 11.6 Å². The smallest absolute Gasteiger partial charge is 0.130 e. The van der Waals surface area contributed by atoms with Gasteiger partial charge in [0.2, 0.25) is 0 Å². The second kappa shape index (κ2) is 5.23. The highest BCUT2D eigenvalue weighted by molar-refractivity contribution is 9.09. The van der Waals surface area contributed by atoms with Gasteiger partial charge in [-0.3, -0.25) is 4.90 Å². The van der Waals surface area contributed by atoms with Crippen molar-refractivity contribution in [2.24, 2.45) is 0 Å². The molecule has 1 aliphatic heterocycles. The van der Waals surface area contributed by atoms with Crippen LogP contribution in [-0.2, 0) is 6.54 Å². The van der Waals surface area contributed by atoms with Gasteiger partial charge in [-0.05, 0) is 25.5 Å². The molecule has 2 rings (SSSR count). The lowest BCUT2D eigenvalue weighted by atomic mass is 10.1. The lowest BCUT2D eigenvalue weighted by Crippen LogP contribution is -2.35. The van der Waals surface area contributed by atoms with Gasteiger partial charge in [-0.15, -0.1) is 0 Å². The summed E-state index contributed by atoms with van der Waals surface area (Å²) >= 11 is 3.58. The highest BCUT2D eigenvalue weighted by atomic mass is 79.9. The quantitative estimate of drug-likeness (QED) is 0.755. The predicted octanol–water partition coefficient (Wildman–Crippen LogP) is 3.32. The second-order valence-corrected chi connectivity index (χ2v) is 5.51. The average Bonchev–Trinajstić information content (AvgIpc) is 2.22. The van der Waals surface area contributed by atoms with E-state index in [1.807, 2.05) is 0 Å². The van der Waals surface area contributed by atoms with Gasteiger partial charge in [0.05, 0.1) is 0 Å². The Morgan fingerprint density at radius 3 is 2.88 bits per heavy atom. The lowest BCUT2D eigenvalue weighted by molar-refractivity contribution is 0.225. The van der Waals surface area contributed by atoms with Crippen LogP contribution < -0.4 is 0 Å². The molecule has 1 nitrogen and oxygen atoms in total. The van der Waals surface area contributed by atoms with E-state index >= 15 is 0 Å². The van der Waals surface area contributed by atoms with E-state index in [0.29, 0.717) is 16.9 Å². The minimum absolute atomic E-state index is 0.448. The van der Waals surface area contributed by atoms with E-state index in [4.69, 9.17) is 0 Å². The summed E-state index contributed by atoms with van der Waals surface area (Å²) in [6, 6.07) is 3.79. The van der Waals surface area contributed by atoms with Gasteiger partial charge in [-0.2, -0.15) is 0 Å². The fourth-order valence-electron chi connectivity index (χ4n) is 2.03. The van der Waals surface area contributed by atoms with E-state index in [9.17, 15) is 8.78 Å². The number of rotatable bonds is 2.